The quantitative estimate of drug-likeness (QED) is 0.884. The number of nitrogens with one attached hydrogen (secondary N) is 1. The molecule has 100 valence electrons. The minimum atomic E-state index is -0.00523. The maximum absolute atomic E-state index is 12.6. The Morgan fingerprint density at radius 1 is 1.37 bits per heavy atom. The molecule has 0 bridgehead atoms. The summed E-state index contributed by atoms with van der Waals surface area (Å²) < 4.78 is 7.04. The summed E-state index contributed by atoms with van der Waals surface area (Å²) in [5.74, 6) is 0.596. The van der Waals surface area contributed by atoms with E-state index in [0.717, 1.165) is 25.9 Å². The van der Waals surface area contributed by atoms with Crippen LogP contribution in [0.3, 0.4) is 0 Å². The third-order valence-corrected chi connectivity index (χ3v) is 3.70. The van der Waals surface area contributed by atoms with Gasteiger partial charge in [0, 0.05) is 6.04 Å². The fraction of sp³-hybridized carbons (Fsp3) is 0.429. The monoisotopic (exact) mass is 259 g/mol. The van der Waals surface area contributed by atoms with E-state index in [4.69, 9.17) is 4.74 Å². The summed E-state index contributed by atoms with van der Waals surface area (Å²) in [5, 5.41) is 3.88. The summed E-state index contributed by atoms with van der Waals surface area (Å²) in [6.45, 7) is 1.89. The SMILES string of the molecule is COc1cccc2ncn(C3CCNCC3)c(=O)c12. The van der Waals surface area contributed by atoms with Crippen molar-refractivity contribution >= 4 is 10.9 Å². The highest BCUT2D eigenvalue weighted by molar-refractivity contribution is 5.83. The smallest absolute Gasteiger partial charge is 0.265 e. The Morgan fingerprint density at radius 3 is 2.89 bits per heavy atom. The lowest BCUT2D eigenvalue weighted by atomic mass is 10.1. The molecule has 1 aromatic carbocycles. The van der Waals surface area contributed by atoms with Gasteiger partial charge in [-0.25, -0.2) is 4.98 Å². The lowest BCUT2D eigenvalue weighted by Gasteiger charge is -2.24. The van der Waals surface area contributed by atoms with Crippen molar-refractivity contribution in [2.45, 2.75) is 18.9 Å². The molecule has 1 saturated heterocycles. The van der Waals surface area contributed by atoms with Crippen LogP contribution in [0, 0.1) is 0 Å². The number of benzene rings is 1. The van der Waals surface area contributed by atoms with Gasteiger partial charge in [-0.3, -0.25) is 9.36 Å². The van der Waals surface area contributed by atoms with Gasteiger partial charge < -0.3 is 10.1 Å². The van der Waals surface area contributed by atoms with Crippen molar-refractivity contribution in [1.82, 2.24) is 14.9 Å². The van der Waals surface area contributed by atoms with Crippen LogP contribution in [0.2, 0.25) is 0 Å². The molecular formula is C14H17N3O2. The second-order valence-corrected chi connectivity index (χ2v) is 4.79. The van der Waals surface area contributed by atoms with Gasteiger partial charge in [0.15, 0.2) is 0 Å². The van der Waals surface area contributed by atoms with E-state index >= 15 is 0 Å². The van der Waals surface area contributed by atoms with Crippen LogP contribution >= 0.6 is 0 Å². The first-order chi connectivity index (χ1) is 9.31. The molecule has 1 fully saturated rings. The highest BCUT2D eigenvalue weighted by atomic mass is 16.5. The van der Waals surface area contributed by atoms with Crippen molar-refractivity contribution in [3.63, 3.8) is 0 Å². The van der Waals surface area contributed by atoms with E-state index in [1.54, 1.807) is 24.1 Å². The lowest BCUT2D eigenvalue weighted by Crippen LogP contribution is -2.34. The second kappa shape index (κ2) is 5.01. The normalized spacial score (nSPS) is 16.7. The van der Waals surface area contributed by atoms with Gasteiger partial charge >= 0.3 is 0 Å². The number of piperidine rings is 1. The van der Waals surface area contributed by atoms with Crippen molar-refractivity contribution in [3.8, 4) is 5.75 Å². The number of ether oxygens (including phenoxy) is 1. The van der Waals surface area contributed by atoms with Crippen LogP contribution in [-0.2, 0) is 0 Å². The molecule has 0 aliphatic carbocycles. The molecule has 0 amide bonds. The van der Waals surface area contributed by atoms with Crippen LogP contribution in [0.15, 0.2) is 29.3 Å². The Bertz CT molecular complexity index is 645. The van der Waals surface area contributed by atoms with Gasteiger partial charge in [-0.2, -0.15) is 0 Å². The number of rotatable bonds is 2. The first-order valence-electron chi connectivity index (χ1n) is 6.56. The van der Waals surface area contributed by atoms with E-state index < -0.39 is 0 Å². The van der Waals surface area contributed by atoms with Crippen LogP contribution in [0.4, 0.5) is 0 Å². The summed E-state index contributed by atoms with van der Waals surface area (Å²) in [4.78, 5) is 17.0. The van der Waals surface area contributed by atoms with E-state index in [0.29, 0.717) is 16.7 Å². The van der Waals surface area contributed by atoms with E-state index in [1.807, 2.05) is 12.1 Å². The Morgan fingerprint density at radius 2 is 2.16 bits per heavy atom. The maximum Gasteiger partial charge on any atom is 0.265 e. The van der Waals surface area contributed by atoms with Gasteiger partial charge in [0.25, 0.3) is 5.56 Å². The molecule has 0 saturated carbocycles. The Kier molecular flexibility index (Phi) is 3.21. The number of hydrogen-bond acceptors (Lipinski definition) is 4. The van der Waals surface area contributed by atoms with Crippen LogP contribution in [-0.4, -0.2) is 29.8 Å². The number of aromatic nitrogens is 2. The summed E-state index contributed by atoms with van der Waals surface area (Å²) in [7, 11) is 1.58. The van der Waals surface area contributed by atoms with Crippen molar-refractivity contribution in [3.05, 3.63) is 34.9 Å². The third kappa shape index (κ3) is 2.10. The molecule has 3 rings (SSSR count). The molecule has 0 unspecified atom stereocenters. The summed E-state index contributed by atoms with van der Waals surface area (Å²) >= 11 is 0. The zero-order valence-corrected chi connectivity index (χ0v) is 10.9. The van der Waals surface area contributed by atoms with Crippen molar-refractivity contribution in [2.75, 3.05) is 20.2 Å². The molecule has 1 aliphatic heterocycles. The van der Waals surface area contributed by atoms with Crippen LogP contribution in [0.25, 0.3) is 10.9 Å². The van der Waals surface area contributed by atoms with Crippen LogP contribution < -0.4 is 15.6 Å². The number of fused-ring (bicyclic) bond motifs is 1. The standard InChI is InChI=1S/C14H17N3O2/c1-19-12-4-2-3-11-13(12)14(18)17(9-16-11)10-5-7-15-8-6-10/h2-4,9-10,15H,5-8H2,1H3. The van der Waals surface area contributed by atoms with Crippen molar-refractivity contribution in [1.29, 1.82) is 0 Å². The first kappa shape index (κ1) is 12.2. The van der Waals surface area contributed by atoms with Gasteiger partial charge in [-0.05, 0) is 38.1 Å². The fourth-order valence-electron chi connectivity index (χ4n) is 2.66. The molecule has 1 N–H and O–H groups in total. The number of methoxy groups -OCH3 is 1. The zero-order chi connectivity index (χ0) is 13.2. The van der Waals surface area contributed by atoms with E-state index in [9.17, 15) is 4.79 Å². The molecule has 5 nitrogen and oxygen atoms in total. The molecule has 1 aliphatic rings. The highest BCUT2D eigenvalue weighted by Gasteiger charge is 2.18. The van der Waals surface area contributed by atoms with Crippen LogP contribution in [0.1, 0.15) is 18.9 Å². The zero-order valence-electron chi connectivity index (χ0n) is 10.9. The van der Waals surface area contributed by atoms with Gasteiger partial charge in [0.05, 0.1) is 19.0 Å². The van der Waals surface area contributed by atoms with E-state index in [2.05, 4.69) is 10.3 Å². The second-order valence-electron chi connectivity index (χ2n) is 4.79. The first-order valence-corrected chi connectivity index (χ1v) is 6.56. The van der Waals surface area contributed by atoms with E-state index in [1.165, 1.54) is 0 Å². The van der Waals surface area contributed by atoms with Gasteiger partial charge in [0.2, 0.25) is 0 Å². The van der Waals surface area contributed by atoms with Gasteiger partial charge in [-0.1, -0.05) is 6.07 Å². The Labute approximate surface area is 111 Å². The maximum atomic E-state index is 12.6. The predicted octanol–water partition coefficient (Wildman–Crippen LogP) is 1.33. The van der Waals surface area contributed by atoms with Crippen LogP contribution in [0.5, 0.6) is 5.75 Å². The molecule has 19 heavy (non-hydrogen) atoms. The molecule has 0 atom stereocenters. The van der Waals surface area contributed by atoms with Gasteiger partial charge in [0.1, 0.15) is 11.1 Å². The summed E-state index contributed by atoms with van der Waals surface area (Å²) in [5.41, 5.74) is 0.684. The fourth-order valence-corrected chi connectivity index (χ4v) is 2.66. The molecule has 5 heteroatoms. The molecule has 1 aromatic heterocycles. The number of nitrogens with zero attached hydrogens (tertiary/aromatic N) is 2. The summed E-state index contributed by atoms with van der Waals surface area (Å²) in [6.07, 6.45) is 3.59. The Balaban J connectivity index is 2.16. The number of hydrogen-bond donors (Lipinski definition) is 1. The third-order valence-electron chi connectivity index (χ3n) is 3.70. The topological polar surface area (TPSA) is 56.1 Å². The minimum Gasteiger partial charge on any atom is -0.496 e. The molecule has 2 aromatic rings. The largest absolute Gasteiger partial charge is 0.496 e. The van der Waals surface area contributed by atoms with Crippen molar-refractivity contribution < 1.29 is 4.74 Å². The van der Waals surface area contributed by atoms with E-state index in [-0.39, 0.29) is 11.6 Å². The highest BCUT2D eigenvalue weighted by Crippen LogP contribution is 2.22. The average molecular weight is 259 g/mol. The minimum absolute atomic E-state index is 0.00523. The average Bonchev–Trinajstić information content (AvgIpc) is 2.48. The molecule has 2 heterocycles. The molecule has 0 spiro atoms. The molecule has 0 radical (unpaired) electrons. The van der Waals surface area contributed by atoms with Gasteiger partial charge in [-0.15, -0.1) is 0 Å². The Hall–Kier alpha value is -1.88. The van der Waals surface area contributed by atoms with Crippen molar-refractivity contribution in [2.24, 2.45) is 0 Å². The predicted molar refractivity (Wildman–Crippen MR) is 73.7 cm³/mol. The summed E-state index contributed by atoms with van der Waals surface area (Å²) in [6, 6.07) is 5.72. The lowest BCUT2D eigenvalue weighted by molar-refractivity contribution is 0.358. The molecular weight excluding hydrogens is 242 g/mol.